The molecule has 1 aliphatic rings. The fraction of sp³-hybridized carbons (Fsp3) is 0.308. The fourth-order valence-electron chi connectivity index (χ4n) is 2.32. The number of hydrogen-bond acceptors (Lipinski definition) is 0. The lowest BCUT2D eigenvalue weighted by atomic mass is 9.93. The zero-order chi connectivity index (χ0) is 9.38. The van der Waals surface area contributed by atoms with Gasteiger partial charge in [0, 0.05) is 23.8 Å². The Balaban J connectivity index is 2.27. The van der Waals surface area contributed by atoms with Crippen molar-refractivity contribution in [2.75, 3.05) is 0 Å². The average Bonchev–Trinajstić information content (AvgIpc) is 2.26. The van der Waals surface area contributed by atoms with Gasteiger partial charge in [0.25, 0.3) is 0 Å². The SMILES string of the molecule is c1cc[n+]2cc3c(cc2c1)CCCC3. The predicted octanol–water partition coefficient (Wildman–Crippen LogP) is 2.30. The Morgan fingerprint density at radius 3 is 2.79 bits per heavy atom. The van der Waals surface area contributed by atoms with Crippen molar-refractivity contribution >= 4 is 5.52 Å². The minimum atomic E-state index is 1.26. The predicted molar refractivity (Wildman–Crippen MR) is 56.2 cm³/mol. The molecule has 1 nitrogen and oxygen atoms in total. The molecule has 2 heterocycles. The minimum Gasteiger partial charge on any atom is -0.167 e. The Hall–Kier alpha value is -1.37. The van der Waals surface area contributed by atoms with Gasteiger partial charge < -0.3 is 0 Å². The lowest BCUT2D eigenvalue weighted by Gasteiger charge is -2.12. The van der Waals surface area contributed by atoms with E-state index in [0.29, 0.717) is 0 Å². The maximum absolute atomic E-state index is 2.34. The van der Waals surface area contributed by atoms with E-state index in [0.717, 1.165) is 0 Å². The second-order valence-corrected chi connectivity index (χ2v) is 4.06. The van der Waals surface area contributed by atoms with Crippen molar-refractivity contribution in [3.8, 4) is 0 Å². The van der Waals surface area contributed by atoms with Gasteiger partial charge in [-0.3, -0.25) is 0 Å². The summed E-state index contributed by atoms with van der Waals surface area (Å²) >= 11 is 0. The van der Waals surface area contributed by atoms with Crippen molar-refractivity contribution in [2.24, 2.45) is 0 Å². The molecule has 0 bridgehead atoms. The number of pyridine rings is 2. The monoisotopic (exact) mass is 184 g/mol. The van der Waals surface area contributed by atoms with Gasteiger partial charge in [-0.05, 0) is 37.3 Å². The quantitative estimate of drug-likeness (QED) is 0.553. The summed E-state index contributed by atoms with van der Waals surface area (Å²) in [6, 6.07) is 8.70. The summed E-state index contributed by atoms with van der Waals surface area (Å²) in [7, 11) is 0. The molecule has 0 atom stereocenters. The Morgan fingerprint density at radius 1 is 1.00 bits per heavy atom. The summed E-state index contributed by atoms with van der Waals surface area (Å²) in [5.74, 6) is 0. The Morgan fingerprint density at radius 2 is 1.86 bits per heavy atom. The van der Waals surface area contributed by atoms with E-state index in [2.05, 4.69) is 41.1 Å². The van der Waals surface area contributed by atoms with Crippen molar-refractivity contribution in [2.45, 2.75) is 25.7 Å². The number of rotatable bonds is 0. The van der Waals surface area contributed by atoms with Crippen LogP contribution in [0.15, 0.2) is 36.7 Å². The molecule has 0 saturated carbocycles. The van der Waals surface area contributed by atoms with E-state index in [9.17, 15) is 0 Å². The van der Waals surface area contributed by atoms with E-state index in [1.54, 1.807) is 11.1 Å². The number of hydrogen-bond donors (Lipinski definition) is 0. The Labute approximate surface area is 84.0 Å². The molecule has 0 N–H and O–H groups in total. The number of aryl methyl sites for hydroxylation is 2. The summed E-state index contributed by atoms with van der Waals surface area (Å²) in [6.45, 7) is 0. The highest BCUT2D eigenvalue weighted by atomic mass is 14.8. The third kappa shape index (κ3) is 1.20. The molecule has 3 rings (SSSR count). The minimum absolute atomic E-state index is 1.26. The summed E-state index contributed by atoms with van der Waals surface area (Å²) in [5.41, 5.74) is 4.41. The first-order valence-corrected chi connectivity index (χ1v) is 5.35. The van der Waals surface area contributed by atoms with Gasteiger partial charge in [0.15, 0.2) is 12.4 Å². The second kappa shape index (κ2) is 3.09. The fourth-order valence-corrected chi connectivity index (χ4v) is 2.32. The average molecular weight is 184 g/mol. The van der Waals surface area contributed by atoms with Crippen LogP contribution in [-0.2, 0) is 12.8 Å². The van der Waals surface area contributed by atoms with Crippen LogP contribution in [0.5, 0.6) is 0 Å². The highest BCUT2D eigenvalue weighted by molar-refractivity contribution is 5.44. The highest BCUT2D eigenvalue weighted by Gasteiger charge is 2.13. The Kier molecular flexibility index (Phi) is 1.76. The number of nitrogens with zero attached hydrogens (tertiary/aromatic N) is 1. The summed E-state index contributed by atoms with van der Waals surface area (Å²) in [6.07, 6.45) is 9.66. The summed E-state index contributed by atoms with van der Waals surface area (Å²) in [4.78, 5) is 0. The first-order valence-electron chi connectivity index (χ1n) is 5.35. The number of aromatic nitrogens is 1. The van der Waals surface area contributed by atoms with Crippen LogP contribution < -0.4 is 4.40 Å². The molecular weight excluding hydrogens is 170 g/mol. The van der Waals surface area contributed by atoms with Gasteiger partial charge in [0.1, 0.15) is 0 Å². The van der Waals surface area contributed by atoms with E-state index >= 15 is 0 Å². The lowest BCUT2D eigenvalue weighted by Crippen LogP contribution is -2.23. The molecule has 70 valence electrons. The zero-order valence-electron chi connectivity index (χ0n) is 8.24. The molecule has 0 saturated heterocycles. The van der Waals surface area contributed by atoms with Crippen molar-refractivity contribution in [3.63, 3.8) is 0 Å². The molecule has 0 aromatic carbocycles. The summed E-state index contributed by atoms with van der Waals surface area (Å²) < 4.78 is 2.23. The molecule has 0 aliphatic heterocycles. The molecule has 2 aromatic heterocycles. The van der Waals surface area contributed by atoms with E-state index < -0.39 is 0 Å². The van der Waals surface area contributed by atoms with E-state index in [4.69, 9.17) is 0 Å². The largest absolute Gasteiger partial charge is 0.210 e. The molecule has 14 heavy (non-hydrogen) atoms. The van der Waals surface area contributed by atoms with Gasteiger partial charge in [0.2, 0.25) is 5.52 Å². The highest BCUT2D eigenvalue weighted by Crippen LogP contribution is 2.20. The van der Waals surface area contributed by atoms with Crippen molar-refractivity contribution in [3.05, 3.63) is 47.8 Å². The van der Waals surface area contributed by atoms with E-state index in [-0.39, 0.29) is 0 Å². The van der Waals surface area contributed by atoms with Gasteiger partial charge in [0.05, 0.1) is 0 Å². The van der Waals surface area contributed by atoms with E-state index in [1.807, 2.05) is 0 Å². The molecule has 0 fully saturated rings. The molecule has 1 heteroatoms. The second-order valence-electron chi connectivity index (χ2n) is 4.06. The molecule has 2 aromatic rings. The van der Waals surface area contributed by atoms with Gasteiger partial charge >= 0.3 is 0 Å². The number of fused-ring (bicyclic) bond motifs is 2. The van der Waals surface area contributed by atoms with Gasteiger partial charge in [-0.2, -0.15) is 4.40 Å². The third-order valence-electron chi connectivity index (χ3n) is 3.09. The van der Waals surface area contributed by atoms with Crippen LogP contribution >= 0.6 is 0 Å². The molecule has 0 radical (unpaired) electrons. The standard InChI is InChI=1S/C13H14N/c1-2-6-12-10-14-8-4-3-7-13(14)9-11(12)5-1/h3-4,7-10H,1-2,5-6H2/q+1. The van der Waals surface area contributed by atoms with Crippen LogP contribution in [0, 0.1) is 0 Å². The zero-order valence-corrected chi connectivity index (χ0v) is 8.24. The van der Waals surface area contributed by atoms with Gasteiger partial charge in [-0.25, -0.2) is 0 Å². The first kappa shape index (κ1) is 7.98. The van der Waals surface area contributed by atoms with Crippen LogP contribution in [-0.4, -0.2) is 0 Å². The molecule has 0 unspecified atom stereocenters. The summed E-state index contributed by atoms with van der Waals surface area (Å²) in [5, 5.41) is 0. The van der Waals surface area contributed by atoms with E-state index in [1.165, 1.54) is 31.2 Å². The maximum atomic E-state index is 2.34. The van der Waals surface area contributed by atoms with Crippen molar-refractivity contribution < 1.29 is 4.40 Å². The molecule has 0 spiro atoms. The van der Waals surface area contributed by atoms with Crippen molar-refractivity contribution in [1.29, 1.82) is 0 Å². The third-order valence-corrected chi connectivity index (χ3v) is 3.09. The normalized spacial score (nSPS) is 15.4. The smallest absolute Gasteiger partial charge is 0.167 e. The van der Waals surface area contributed by atoms with Crippen LogP contribution in [0.4, 0.5) is 0 Å². The molecular formula is C13H14N+. The maximum Gasteiger partial charge on any atom is 0.210 e. The lowest BCUT2D eigenvalue weighted by molar-refractivity contribution is -0.512. The van der Waals surface area contributed by atoms with Crippen LogP contribution in [0.3, 0.4) is 0 Å². The topological polar surface area (TPSA) is 4.10 Å². The van der Waals surface area contributed by atoms with Crippen LogP contribution in [0.1, 0.15) is 24.0 Å². The molecule has 0 amide bonds. The molecule has 1 aliphatic carbocycles. The van der Waals surface area contributed by atoms with Gasteiger partial charge in [-0.1, -0.05) is 0 Å². The van der Waals surface area contributed by atoms with Crippen LogP contribution in [0.2, 0.25) is 0 Å². The Bertz CT molecular complexity index is 429. The first-order chi connectivity index (χ1) is 6.93. The van der Waals surface area contributed by atoms with Crippen LogP contribution in [0.25, 0.3) is 5.52 Å². The van der Waals surface area contributed by atoms with Gasteiger partial charge in [-0.15, -0.1) is 0 Å². The van der Waals surface area contributed by atoms with Crippen molar-refractivity contribution in [1.82, 2.24) is 0 Å².